The third kappa shape index (κ3) is 1.90. The van der Waals surface area contributed by atoms with E-state index in [-0.39, 0.29) is 19.0 Å². The number of halogens is 3. The number of hydrogen-bond acceptors (Lipinski definition) is 4. The minimum absolute atomic E-state index is 0.254. The number of urea groups is 1. The van der Waals surface area contributed by atoms with Gasteiger partial charge in [0, 0.05) is 12.7 Å². The van der Waals surface area contributed by atoms with Gasteiger partial charge in [-0.25, -0.2) is 14.7 Å². The second kappa shape index (κ2) is 4.32. The van der Waals surface area contributed by atoms with Gasteiger partial charge in [0.25, 0.3) is 0 Å². The number of rotatable bonds is 1. The molecule has 0 aromatic carbocycles. The van der Waals surface area contributed by atoms with Crippen molar-refractivity contribution in [1.82, 2.24) is 9.88 Å². The molecule has 0 saturated carbocycles. The van der Waals surface area contributed by atoms with Gasteiger partial charge >= 0.3 is 12.2 Å². The first-order chi connectivity index (χ1) is 9.39. The van der Waals surface area contributed by atoms with E-state index in [1.54, 1.807) is 0 Å². The van der Waals surface area contributed by atoms with E-state index in [1.807, 2.05) is 0 Å². The smallest absolute Gasteiger partial charge is 0.369 e. The van der Waals surface area contributed by atoms with Crippen LogP contribution in [-0.2, 0) is 10.9 Å². The standard InChI is InChI=1S/C11H10F3N3O3/c12-11(13,14)6-1-2-15-7(5-6)17-8(18)9-16(10(17)19)3-4-20-9/h1-2,5,8-9,18H,3-4H2. The SMILES string of the molecule is O=C1N2CCOC2C(O)N1c1cc(C(F)(F)F)ccn1. The van der Waals surface area contributed by atoms with Crippen LogP contribution in [0.4, 0.5) is 23.8 Å². The third-order valence-corrected chi connectivity index (χ3v) is 3.22. The molecule has 0 spiro atoms. The van der Waals surface area contributed by atoms with Crippen molar-refractivity contribution >= 4 is 11.8 Å². The lowest BCUT2D eigenvalue weighted by atomic mass is 10.2. The molecule has 2 atom stereocenters. The summed E-state index contributed by atoms with van der Waals surface area (Å²) in [5, 5.41) is 9.99. The Hall–Kier alpha value is -1.87. The van der Waals surface area contributed by atoms with E-state index >= 15 is 0 Å². The first-order valence-corrected chi connectivity index (χ1v) is 5.82. The number of aliphatic hydroxyl groups is 1. The number of hydrogen-bond donors (Lipinski definition) is 1. The fourth-order valence-corrected chi connectivity index (χ4v) is 2.28. The van der Waals surface area contributed by atoms with Gasteiger partial charge in [0.2, 0.25) is 0 Å². The molecule has 2 saturated heterocycles. The summed E-state index contributed by atoms with van der Waals surface area (Å²) in [5.41, 5.74) is -0.935. The van der Waals surface area contributed by atoms with Crippen LogP contribution < -0.4 is 4.90 Å². The van der Waals surface area contributed by atoms with Gasteiger partial charge in [-0.05, 0) is 12.1 Å². The predicted molar refractivity (Wildman–Crippen MR) is 59.6 cm³/mol. The van der Waals surface area contributed by atoms with E-state index < -0.39 is 30.2 Å². The minimum Gasteiger partial charge on any atom is -0.369 e. The predicted octanol–water partition coefficient (Wildman–Crippen LogP) is 1.02. The molecule has 2 unspecified atom stereocenters. The van der Waals surface area contributed by atoms with Crippen molar-refractivity contribution < 1.29 is 27.8 Å². The number of anilines is 1. The summed E-state index contributed by atoms with van der Waals surface area (Å²) in [7, 11) is 0. The number of carbonyl (C=O) groups excluding carboxylic acids is 1. The van der Waals surface area contributed by atoms with Crippen LogP contribution in [0.25, 0.3) is 0 Å². The number of fused-ring (bicyclic) bond motifs is 1. The number of carbonyl (C=O) groups is 1. The van der Waals surface area contributed by atoms with E-state index in [0.717, 1.165) is 23.2 Å². The summed E-state index contributed by atoms with van der Waals surface area (Å²) in [5.74, 6) is -0.254. The van der Waals surface area contributed by atoms with Gasteiger partial charge in [0.1, 0.15) is 5.82 Å². The quantitative estimate of drug-likeness (QED) is 0.838. The number of nitrogens with zero attached hydrogens (tertiary/aromatic N) is 3. The van der Waals surface area contributed by atoms with Crippen molar-refractivity contribution in [2.45, 2.75) is 18.6 Å². The Morgan fingerprint density at radius 1 is 1.45 bits per heavy atom. The Kier molecular flexibility index (Phi) is 2.83. The second-order valence-electron chi connectivity index (χ2n) is 4.42. The molecule has 2 amide bonds. The second-order valence-corrected chi connectivity index (χ2v) is 4.42. The van der Waals surface area contributed by atoms with Crippen LogP contribution in [-0.4, -0.2) is 46.6 Å². The maximum absolute atomic E-state index is 12.7. The maximum Gasteiger partial charge on any atom is 0.416 e. The molecule has 20 heavy (non-hydrogen) atoms. The molecule has 9 heteroatoms. The molecule has 6 nitrogen and oxygen atoms in total. The van der Waals surface area contributed by atoms with Crippen LogP contribution in [0.5, 0.6) is 0 Å². The van der Waals surface area contributed by atoms with Gasteiger partial charge in [-0.1, -0.05) is 0 Å². The van der Waals surface area contributed by atoms with Crippen LogP contribution >= 0.6 is 0 Å². The van der Waals surface area contributed by atoms with Crippen molar-refractivity contribution in [2.24, 2.45) is 0 Å². The van der Waals surface area contributed by atoms with Crippen molar-refractivity contribution in [3.8, 4) is 0 Å². The molecule has 2 fully saturated rings. The Morgan fingerprint density at radius 3 is 2.85 bits per heavy atom. The molecular formula is C11H10F3N3O3. The minimum atomic E-state index is -4.54. The lowest BCUT2D eigenvalue weighted by molar-refractivity contribution is -0.137. The molecule has 1 aromatic rings. The summed E-state index contributed by atoms with van der Waals surface area (Å²) in [6.45, 7) is 0.577. The first kappa shape index (κ1) is 13.1. The van der Waals surface area contributed by atoms with Gasteiger partial charge in [0.05, 0.1) is 12.2 Å². The van der Waals surface area contributed by atoms with E-state index in [2.05, 4.69) is 4.98 Å². The first-order valence-electron chi connectivity index (χ1n) is 5.82. The fourth-order valence-electron chi connectivity index (χ4n) is 2.28. The highest BCUT2D eigenvalue weighted by atomic mass is 19.4. The summed E-state index contributed by atoms with van der Waals surface area (Å²) in [6.07, 6.45) is -5.83. The van der Waals surface area contributed by atoms with Gasteiger partial charge < -0.3 is 9.84 Å². The Balaban J connectivity index is 1.95. The van der Waals surface area contributed by atoms with Crippen LogP contribution in [0, 0.1) is 0 Å². The van der Waals surface area contributed by atoms with Gasteiger partial charge in [-0.15, -0.1) is 0 Å². The number of pyridine rings is 1. The van der Waals surface area contributed by atoms with Crippen molar-refractivity contribution in [2.75, 3.05) is 18.1 Å². The number of amides is 2. The van der Waals surface area contributed by atoms with Crippen LogP contribution in [0.15, 0.2) is 18.3 Å². The molecule has 2 aliphatic rings. The number of ether oxygens (including phenoxy) is 1. The van der Waals surface area contributed by atoms with Gasteiger partial charge in [0.15, 0.2) is 12.5 Å². The third-order valence-electron chi connectivity index (χ3n) is 3.22. The molecule has 0 aliphatic carbocycles. The van der Waals surface area contributed by atoms with E-state index in [0.29, 0.717) is 0 Å². The number of aliphatic hydroxyl groups excluding tert-OH is 1. The fraction of sp³-hybridized carbons (Fsp3) is 0.455. The Bertz CT molecular complexity index is 551. The molecule has 1 aromatic heterocycles. The van der Waals surface area contributed by atoms with E-state index in [1.165, 1.54) is 4.90 Å². The topological polar surface area (TPSA) is 65.9 Å². The van der Waals surface area contributed by atoms with Crippen molar-refractivity contribution in [1.29, 1.82) is 0 Å². The molecule has 0 bridgehead atoms. The zero-order chi connectivity index (χ0) is 14.5. The summed E-state index contributed by atoms with van der Waals surface area (Å²) < 4.78 is 43.1. The van der Waals surface area contributed by atoms with Crippen LogP contribution in [0.2, 0.25) is 0 Å². The molecule has 3 rings (SSSR count). The summed E-state index contributed by atoms with van der Waals surface area (Å²) >= 11 is 0. The average Bonchev–Trinajstić information content (AvgIpc) is 2.94. The molecule has 3 heterocycles. The number of aromatic nitrogens is 1. The summed E-state index contributed by atoms with van der Waals surface area (Å²) in [4.78, 5) is 17.8. The highest BCUT2D eigenvalue weighted by Crippen LogP contribution is 2.34. The van der Waals surface area contributed by atoms with Gasteiger partial charge in [-0.3, -0.25) is 4.90 Å². The monoisotopic (exact) mass is 289 g/mol. The molecule has 108 valence electrons. The Labute approximate surface area is 111 Å². The average molecular weight is 289 g/mol. The molecule has 2 aliphatic heterocycles. The van der Waals surface area contributed by atoms with Crippen LogP contribution in [0.3, 0.4) is 0 Å². The highest BCUT2D eigenvalue weighted by molar-refractivity contribution is 5.94. The van der Waals surface area contributed by atoms with E-state index in [9.17, 15) is 23.1 Å². The molecule has 0 radical (unpaired) electrons. The zero-order valence-electron chi connectivity index (χ0n) is 10.0. The molecular weight excluding hydrogens is 279 g/mol. The van der Waals surface area contributed by atoms with Crippen molar-refractivity contribution in [3.63, 3.8) is 0 Å². The lowest BCUT2D eigenvalue weighted by Crippen LogP contribution is -2.38. The van der Waals surface area contributed by atoms with E-state index in [4.69, 9.17) is 4.74 Å². The summed E-state index contributed by atoms with van der Waals surface area (Å²) in [6, 6.07) is 0.906. The highest BCUT2D eigenvalue weighted by Gasteiger charge is 2.50. The normalized spacial score (nSPS) is 26.3. The Morgan fingerprint density at radius 2 is 2.20 bits per heavy atom. The largest absolute Gasteiger partial charge is 0.416 e. The maximum atomic E-state index is 12.7. The van der Waals surface area contributed by atoms with Crippen LogP contribution in [0.1, 0.15) is 5.56 Å². The number of alkyl halides is 3. The lowest BCUT2D eigenvalue weighted by Gasteiger charge is -2.20. The zero-order valence-corrected chi connectivity index (χ0v) is 10.0. The van der Waals surface area contributed by atoms with Gasteiger partial charge in [-0.2, -0.15) is 13.2 Å². The van der Waals surface area contributed by atoms with Crippen molar-refractivity contribution in [3.05, 3.63) is 23.9 Å². The molecule has 1 N–H and O–H groups in total.